The van der Waals surface area contributed by atoms with Crippen LogP contribution in [0, 0.1) is 17.7 Å². The fourth-order valence-corrected chi connectivity index (χ4v) is 2.60. The summed E-state index contributed by atoms with van der Waals surface area (Å²) in [5, 5.41) is -0.0373. The van der Waals surface area contributed by atoms with Crippen molar-refractivity contribution in [3.05, 3.63) is 45.3 Å². The van der Waals surface area contributed by atoms with Crippen LogP contribution in [0.25, 0.3) is 0 Å². The first-order valence-corrected chi connectivity index (χ1v) is 7.43. The molecule has 0 aromatic heterocycles. The molecule has 2 rings (SSSR count). The van der Waals surface area contributed by atoms with Gasteiger partial charge >= 0.3 is 5.97 Å². The molecule has 2 atom stereocenters. The zero-order valence-corrected chi connectivity index (χ0v) is 13.2. The number of ketones is 1. The highest BCUT2D eigenvalue weighted by molar-refractivity contribution is 6.37. The molecule has 7 heteroatoms. The van der Waals surface area contributed by atoms with Crippen molar-refractivity contribution in [1.82, 2.24) is 0 Å². The smallest absolute Gasteiger partial charge is 0.353 e. The fraction of sp³-hybridized carbons (Fsp3) is 0.333. The molecule has 4 nitrogen and oxygen atoms in total. The molecule has 22 heavy (non-hydrogen) atoms. The predicted octanol–water partition coefficient (Wildman–Crippen LogP) is 3.36. The average Bonchev–Trinajstić information content (AvgIpc) is 3.21. The second-order valence-corrected chi connectivity index (χ2v) is 5.77. The van der Waals surface area contributed by atoms with Gasteiger partial charge in [0.2, 0.25) is 0 Å². The summed E-state index contributed by atoms with van der Waals surface area (Å²) in [6.45, 7) is 1.89. The van der Waals surface area contributed by atoms with Gasteiger partial charge in [0.15, 0.2) is 5.78 Å². The molecule has 118 valence electrons. The predicted molar refractivity (Wildman–Crippen MR) is 81.3 cm³/mol. The quantitative estimate of drug-likeness (QED) is 0.384. The Balaban J connectivity index is 2.10. The first-order chi connectivity index (χ1) is 10.3. The number of nitrogens with two attached hydrogens (primary N) is 1. The topological polar surface area (TPSA) is 69.4 Å². The summed E-state index contributed by atoms with van der Waals surface area (Å²) in [6, 6.07) is 2.23. The van der Waals surface area contributed by atoms with Crippen molar-refractivity contribution in [2.75, 3.05) is 6.61 Å². The van der Waals surface area contributed by atoms with E-state index in [0.29, 0.717) is 6.42 Å². The molecule has 1 aromatic carbocycles. The number of allylic oxidation sites excluding steroid dienone is 1. The third-order valence-corrected chi connectivity index (χ3v) is 3.96. The van der Waals surface area contributed by atoms with Crippen LogP contribution in [0.3, 0.4) is 0 Å². The Bertz CT molecular complexity index is 660. The van der Waals surface area contributed by atoms with E-state index in [1.165, 1.54) is 12.1 Å². The summed E-state index contributed by atoms with van der Waals surface area (Å²) in [5.41, 5.74) is 5.64. The van der Waals surface area contributed by atoms with E-state index in [1.807, 2.05) is 0 Å². The van der Waals surface area contributed by atoms with Crippen LogP contribution in [-0.4, -0.2) is 18.4 Å². The molecule has 1 fully saturated rings. The number of benzene rings is 1. The van der Waals surface area contributed by atoms with Crippen molar-refractivity contribution in [1.29, 1.82) is 0 Å². The summed E-state index contributed by atoms with van der Waals surface area (Å²) in [5.74, 6) is -2.15. The van der Waals surface area contributed by atoms with E-state index >= 15 is 0 Å². The van der Waals surface area contributed by atoms with Crippen molar-refractivity contribution >= 4 is 35.0 Å². The van der Waals surface area contributed by atoms with E-state index in [-0.39, 0.29) is 45.5 Å². The summed E-state index contributed by atoms with van der Waals surface area (Å²) in [7, 11) is 0. The molecule has 2 N–H and O–H groups in total. The van der Waals surface area contributed by atoms with Gasteiger partial charge in [-0.2, -0.15) is 0 Å². The van der Waals surface area contributed by atoms with Gasteiger partial charge in [-0.15, -0.1) is 0 Å². The van der Waals surface area contributed by atoms with Gasteiger partial charge in [0.05, 0.1) is 16.7 Å². The van der Waals surface area contributed by atoms with Crippen LogP contribution >= 0.6 is 23.2 Å². The van der Waals surface area contributed by atoms with Gasteiger partial charge in [0, 0.05) is 11.5 Å². The molecule has 0 spiro atoms. The van der Waals surface area contributed by atoms with E-state index in [9.17, 15) is 14.0 Å². The lowest BCUT2D eigenvalue weighted by atomic mass is 10.1. The highest BCUT2D eigenvalue weighted by Gasteiger charge is 2.43. The van der Waals surface area contributed by atoms with Crippen molar-refractivity contribution in [3.8, 4) is 0 Å². The lowest BCUT2D eigenvalue weighted by Crippen LogP contribution is -2.15. The van der Waals surface area contributed by atoms with E-state index in [0.717, 1.165) is 6.07 Å². The zero-order chi connectivity index (χ0) is 16.4. The van der Waals surface area contributed by atoms with Gasteiger partial charge in [-0.05, 0) is 31.4 Å². The second-order valence-electron chi connectivity index (χ2n) is 4.96. The van der Waals surface area contributed by atoms with Gasteiger partial charge in [-0.25, -0.2) is 9.18 Å². The van der Waals surface area contributed by atoms with Crippen LogP contribution in [0.2, 0.25) is 10.0 Å². The van der Waals surface area contributed by atoms with Crippen molar-refractivity contribution < 1.29 is 18.7 Å². The Morgan fingerprint density at radius 1 is 1.41 bits per heavy atom. The number of hydrogen-bond donors (Lipinski definition) is 1. The molecule has 2 unspecified atom stereocenters. The third kappa shape index (κ3) is 3.59. The molecule has 0 radical (unpaired) electrons. The van der Waals surface area contributed by atoms with Gasteiger partial charge in [-0.3, -0.25) is 4.79 Å². The summed E-state index contributed by atoms with van der Waals surface area (Å²) in [4.78, 5) is 23.7. The summed E-state index contributed by atoms with van der Waals surface area (Å²) < 4.78 is 18.2. The normalized spacial score (nSPS) is 20.6. The molecule has 1 aromatic rings. The van der Waals surface area contributed by atoms with Gasteiger partial charge in [0.1, 0.15) is 11.5 Å². The second kappa shape index (κ2) is 6.67. The standard InChI is InChI=1S/C15H14Cl2FNO3/c1-2-22-15(21)13(19)4-7-3-8(7)14(20)9-5-12(18)11(17)6-10(9)16/h4-8H,2-3,19H2,1H3. The number of ether oxygens (including phenoxy) is 1. The minimum absolute atomic E-state index is 0.0319. The van der Waals surface area contributed by atoms with Crippen LogP contribution in [0.4, 0.5) is 4.39 Å². The molecular formula is C15H14Cl2FNO3. The maximum absolute atomic E-state index is 13.5. The number of hydrogen-bond acceptors (Lipinski definition) is 4. The molecule has 1 saturated carbocycles. The molecule has 0 bridgehead atoms. The molecule has 1 aliphatic rings. The molecule has 0 saturated heterocycles. The minimum Gasteiger partial charge on any atom is -0.461 e. The number of carbonyl (C=O) groups is 2. The number of rotatable bonds is 5. The number of esters is 1. The van der Waals surface area contributed by atoms with Crippen LogP contribution in [-0.2, 0) is 9.53 Å². The van der Waals surface area contributed by atoms with E-state index in [1.54, 1.807) is 6.92 Å². The molecule has 0 heterocycles. The minimum atomic E-state index is -0.701. The lowest BCUT2D eigenvalue weighted by Gasteiger charge is -2.04. The van der Waals surface area contributed by atoms with Crippen LogP contribution in [0.1, 0.15) is 23.7 Å². The number of carbonyl (C=O) groups excluding carboxylic acids is 2. The molecule has 0 amide bonds. The van der Waals surface area contributed by atoms with E-state index in [2.05, 4.69) is 0 Å². The van der Waals surface area contributed by atoms with Crippen LogP contribution in [0.5, 0.6) is 0 Å². The first-order valence-electron chi connectivity index (χ1n) is 6.68. The molecule has 0 aliphatic heterocycles. The Kier molecular flexibility index (Phi) is 5.08. The Hall–Kier alpha value is -1.59. The van der Waals surface area contributed by atoms with Gasteiger partial charge in [0.25, 0.3) is 0 Å². The van der Waals surface area contributed by atoms with Crippen LogP contribution in [0.15, 0.2) is 23.9 Å². The molecule has 1 aliphatic carbocycles. The fourth-order valence-electron chi connectivity index (χ4n) is 2.12. The van der Waals surface area contributed by atoms with Crippen molar-refractivity contribution in [2.24, 2.45) is 17.6 Å². The lowest BCUT2D eigenvalue weighted by molar-refractivity contribution is -0.138. The average molecular weight is 346 g/mol. The van der Waals surface area contributed by atoms with Crippen molar-refractivity contribution in [2.45, 2.75) is 13.3 Å². The SMILES string of the molecule is CCOC(=O)C(N)=CC1CC1C(=O)c1cc(F)c(Cl)cc1Cl. The van der Waals surface area contributed by atoms with Crippen LogP contribution < -0.4 is 5.73 Å². The zero-order valence-electron chi connectivity index (χ0n) is 11.7. The summed E-state index contributed by atoms with van der Waals surface area (Å²) in [6.07, 6.45) is 2.03. The maximum Gasteiger partial charge on any atom is 0.353 e. The van der Waals surface area contributed by atoms with Gasteiger partial charge in [-0.1, -0.05) is 29.3 Å². The Morgan fingerprint density at radius 3 is 2.73 bits per heavy atom. The number of Topliss-reactive ketones (excluding diaryl/α,β-unsaturated/α-hetero) is 1. The van der Waals surface area contributed by atoms with Crippen molar-refractivity contribution in [3.63, 3.8) is 0 Å². The van der Waals surface area contributed by atoms with E-state index < -0.39 is 11.8 Å². The van der Waals surface area contributed by atoms with E-state index in [4.69, 9.17) is 33.7 Å². The Labute approximate surface area is 137 Å². The largest absolute Gasteiger partial charge is 0.461 e. The van der Waals surface area contributed by atoms with Gasteiger partial charge < -0.3 is 10.5 Å². The Morgan fingerprint density at radius 2 is 2.09 bits per heavy atom. The third-order valence-electron chi connectivity index (χ3n) is 3.36. The maximum atomic E-state index is 13.5. The summed E-state index contributed by atoms with van der Waals surface area (Å²) >= 11 is 11.5. The molecular weight excluding hydrogens is 332 g/mol. The highest BCUT2D eigenvalue weighted by Crippen LogP contribution is 2.43. The highest BCUT2D eigenvalue weighted by atomic mass is 35.5. The monoisotopic (exact) mass is 345 g/mol. The number of halogens is 3. The first kappa shape index (κ1) is 16.8.